The second-order valence-corrected chi connectivity index (χ2v) is 6.35. The number of hydrogen-bond donors (Lipinski definition) is 2. The van der Waals surface area contributed by atoms with Gasteiger partial charge in [-0.05, 0) is 25.0 Å². The number of benzene rings is 1. The maximum atomic E-state index is 12.8. The molecule has 2 aliphatic rings. The Bertz CT molecular complexity index is 564. The predicted octanol–water partition coefficient (Wildman–Crippen LogP) is 2.23. The highest BCUT2D eigenvalue weighted by atomic mass is 16.5. The number of urea groups is 1. The number of anilines is 1. The van der Waals surface area contributed by atoms with Gasteiger partial charge in [-0.1, -0.05) is 31.0 Å². The monoisotopic (exact) mass is 331 g/mol. The normalized spacial score (nSPS) is 25.3. The van der Waals surface area contributed by atoms with Gasteiger partial charge in [0, 0.05) is 24.8 Å². The molecule has 1 saturated heterocycles. The molecule has 0 spiro atoms. The molecule has 3 amide bonds. The fourth-order valence-corrected chi connectivity index (χ4v) is 3.57. The van der Waals surface area contributed by atoms with Crippen molar-refractivity contribution < 1.29 is 14.3 Å². The SMILES string of the molecule is O=C1NCCOCCN(C(=O)Nc2ccccc2)[C@@H]2CCCC[C@H]12. The number of nitrogens with zero attached hydrogens (tertiary/aromatic N) is 1. The van der Waals surface area contributed by atoms with Crippen molar-refractivity contribution in [3.63, 3.8) is 0 Å². The molecule has 6 nitrogen and oxygen atoms in total. The molecule has 6 heteroatoms. The van der Waals surface area contributed by atoms with Crippen molar-refractivity contribution in [2.24, 2.45) is 5.92 Å². The van der Waals surface area contributed by atoms with E-state index in [0.29, 0.717) is 26.3 Å². The molecule has 2 N–H and O–H groups in total. The third kappa shape index (κ3) is 4.06. The summed E-state index contributed by atoms with van der Waals surface area (Å²) in [6.07, 6.45) is 3.79. The molecule has 1 heterocycles. The average Bonchev–Trinajstić information content (AvgIpc) is 2.61. The number of carbonyl (C=O) groups is 2. The quantitative estimate of drug-likeness (QED) is 0.829. The third-order valence-corrected chi connectivity index (χ3v) is 4.77. The van der Waals surface area contributed by atoms with Crippen molar-refractivity contribution in [1.29, 1.82) is 0 Å². The van der Waals surface area contributed by atoms with Crippen LogP contribution in [0.4, 0.5) is 10.5 Å². The van der Waals surface area contributed by atoms with Gasteiger partial charge in [0.15, 0.2) is 0 Å². The zero-order valence-electron chi connectivity index (χ0n) is 13.9. The zero-order valence-corrected chi connectivity index (χ0v) is 13.9. The van der Waals surface area contributed by atoms with Crippen LogP contribution < -0.4 is 10.6 Å². The highest BCUT2D eigenvalue weighted by Gasteiger charge is 2.37. The number of para-hydroxylation sites is 1. The van der Waals surface area contributed by atoms with Gasteiger partial charge in [-0.3, -0.25) is 4.79 Å². The lowest BCUT2D eigenvalue weighted by molar-refractivity contribution is -0.128. The van der Waals surface area contributed by atoms with Gasteiger partial charge in [0.1, 0.15) is 0 Å². The molecule has 1 aromatic rings. The van der Waals surface area contributed by atoms with E-state index in [9.17, 15) is 9.59 Å². The summed E-state index contributed by atoms with van der Waals surface area (Å²) in [6.45, 7) is 2.02. The largest absolute Gasteiger partial charge is 0.378 e. The number of amides is 3. The second kappa shape index (κ2) is 8.15. The van der Waals surface area contributed by atoms with Gasteiger partial charge in [0.2, 0.25) is 5.91 Å². The lowest BCUT2D eigenvalue weighted by atomic mass is 9.82. The Kier molecular flexibility index (Phi) is 5.69. The van der Waals surface area contributed by atoms with Crippen molar-refractivity contribution in [1.82, 2.24) is 10.2 Å². The van der Waals surface area contributed by atoms with Gasteiger partial charge in [0.25, 0.3) is 0 Å². The van der Waals surface area contributed by atoms with Crippen molar-refractivity contribution >= 4 is 17.6 Å². The van der Waals surface area contributed by atoms with E-state index in [-0.39, 0.29) is 23.9 Å². The van der Waals surface area contributed by atoms with Crippen LogP contribution in [-0.2, 0) is 9.53 Å². The van der Waals surface area contributed by atoms with E-state index in [4.69, 9.17) is 4.74 Å². The summed E-state index contributed by atoms with van der Waals surface area (Å²) in [4.78, 5) is 27.1. The third-order valence-electron chi connectivity index (χ3n) is 4.77. The smallest absolute Gasteiger partial charge is 0.322 e. The van der Waals surface area contributed by atoms with Crippen LogP contribution in [0.2, 0.25) is 0 Å². The Morgan fingerprint density at radius 2 is 1.96 bits per heavy atom. The van der Waals surface area contributed by atoms with Gasteiger partial charge in [0.05, 0.1) is 19.1 Å². The molecule has 1 aromatic carbocycles. The maximum Gasteiger partial charge on any atom is 0.322 e. The van der Waals surface area contributed by atoms with Gasteiger partial charge in [-0.15, -0.1) is 0 Å². The van der Waals surface area contributed by atoms with Gasteiger partial charge in [-0.25, -0.2) is 4.79 Å². The van der Waals surface area contributed by atoms with Crippen LogP contribution in [0.3, 0.4) is 0 Å². The van der Waals surface area contributed by atoms with E-state index in [1.165, 1.54) is 0 Å². The van der Waals surface area contributed by atoms with Crippen molar-refractivity contribution in [3.8, 4) is 0 Å². The Hall–Kier alpha value is -2.08. The Morgan fingerprint density at radius 3 is 2.79 bits per heavy atom. The summed E-state index contributed by atoms with van der Waals surface area (Å²) in [5, 5.41) is 5.88. The van der Waals surface area contributed by atoms with Crippen molar-refractivity contribution in [2.45, 2.75) is 31.7 Å². The van der Waals surface area contributed by atoms with Crippen molar-refractivity contribution in [3.05, 3.63) is 30.3 Å². The van der Waals surface area contributed by atoms with E-state index in [1.807, 2.05) is 30.3 Å². The molecule has 0 unspecified atom stereocenters. The average molecular weight is 331 g/mol. The molecule has 3 rings (SSSR count). The first-order valence-corrected chi connectivity index (χ1v) is 8.74. The second-order valence-electron chi connectivity index (χ2n) is 6.35. The molecule has 130 valence electrons. The van der Waals surface area contributed by atoms with E-state index in [2.05, 4.69) is 10.6 Å². The molecule has 2 atom stereocenters. The Labute approximate surface area is 142 Å². The molecule has 0 radical (unpaired) electrons. The van der Waals surface area contributed by atoms with Crippen molar-refractivity contribution in [2.75, 3.05) is 31.6 Å². The summed E-state index contributed by atoms with van der Waals surface area (Å²) in [5.41, 5.74) is 0.761. The Morgan fingerprint density at radius 1 is 1.17 bits per heavy atom. The molecule has 1 saturated carbocycles. The topological polar surface area (TPSA) is 70.7 Å². The molecule has 1 aliphatic heterocycles. The van der Waals surface area contributed by atoms with Crippen LogP contribution in [0.25, 0.3) is 0 Å². The molecule has 0 bridgehead atoms. The van der Waals surface area contributed by atoms with E-state index >= 15 is 0 Å². The number of rotatable bonds is 1. The van der Waals surface area contributed by atoms with Crippen LogP contribution in [0, 0.1) is 5.92 Å². The van der Waals surface area contributed by atoms with Gasteiger partial charge in [-0.2, -0.15) is 0 Å². The predicted molar refractivity (Wildman–Crippen MR) is 91.7 cm³/mol. The van der Waals surface area contributed by atoms with E-state index in [1.54, 1.807) is 4.90 Å². The first kappa shape index (κ1) is 16.8. The summed E-state index contributed by atoms with van der Waals surface area (Å²) < 4.78 is 5.53. The summed E-state index contributed by atoms with van der Waals surface area (Å²) in [6, 6.07) is 9.19. The number of ether oxygens (including phenoxy) is 1. The number of nitrogens with one attached hydrogen (secondary N) is 2. The summed E-state index contributed by atoms with van der Waals surface area (Å²) in [7, 11) is 0. The first-order chi connectivity index (χ1) is 11.8. The van der Waals surface area contributed by atoms with Gasteiger partial charge < -0.3 is 20.3 Å². The fraction of sp³-hybridized carbons (Fsp3) is 0.556. The molecule has 0 aromatic heterocycles. The molecule has 2 fully saturated rings. The minimum Gasteiger partial charge on any atom is -0.378 e. The lowest BCUT2D eigenvalue weighted by Crippen LogP contribution is -2.54. The number of carbonyl (C=O) groups excluding carboxylic acids is 2. The summed E-state index contributed by atoms with van der Waals surface area (Å²) in [5.74, 6) is -0.0823. The van der Waals surface area contributed by atoms with E-state index < -0.39 is 0 Å². The number of fused-ring (bicyclic) bond motifs is 1. The molecular formula is C18H25N3O3. The minimum absolute atomic E-state index is 0.0442. The zero-order chi connectivity index (χ0) is 16.8. The molecule has 24 heavy (non-hydrogen) atoms. The summed E-state index contributed by atoms with van der Waals surface area (Å²) >= 11 is 0. The minimum atomic E-state index is -0.157. The van der Waals surface area contributed by atoms with Gasteiger partial charge >= 0.3 is 6.03 Å². The van der Waals surface area contributed by atoms with E-state index in [0.717, 1.165) is 31.4 Å². The van der Waals surface area contributed by atoms with Crippen LogP contribution in [0.5, 0.6) is 0 Å². The number of hydrogen-bond acceptors (Lipinski definition) is 3. The highest BCUT2D eigenvalue weighted by Crippen LogP contribution is 2.29. The maximum absolute atomic E-state index is 12.8. The standard InChI is InChI=1S/C18H25N3O3/c22-17-15-8-4-5-9-16(15)21(11-13-24-12-10-19-17)18(23)20-14-6-2-1-3-7-14/h1-3,6-7,15-16H,4-5,8-13H2,(H,19,22)(H,20,23)/t15-,16+/m0/s1. The molecular weight excluding hydrogens is 306 g/mol. The molecule has 1 aliphatic carbocycles. The Balaban J connectivity index is 1.78. The highest BCUT2D eigenvalue weighted by molar-refractivity contribution is 5.90. The van der Waals surface area contributed by atoms with Crippen LogP contribution >= 0.6 is 0 Å². The van der Waals surface area contributed by atoms with Crippen LogP contribution in [0.1, 0.15) is 25.7 Å². The van der Waals surface area contributed by atoms with Crippen LogP contribution in [-0.4, -0.2) is 49.2 Å². The first-order valence-electron chi connectivity index (χ1n) is 8.74. The van der Waals surface area contributed by atoms with Crippen LogP contribution in [0.15, 0.2) is 30.3 Å². The lowest BCUT2D eigenvalue weighted by Gasteiger charge is -2.39. The fourth-order valence-electron chi connectivity index (χ4n) is 3.57.